The van der Waals surface area contributed by atoms with Crippen molar-refractivity contribution in [1.29, 1.82) is 0 Å². The van der Waals surface area contributed by atoms with Crippen molar-refractivity contribution in [2.24, 2.45) is 0 Å². The number of imidazole rings is 1. The van der Waals surface area contributed by atoms with Crippen LogP contribution in [0.1, 0.15) is 0 Å². The van der Waals surface area contributed by atoms with Crippen molar-refractivity contribution in [2.45, 2.75) is 6.54 Å². The maximum atomic E-state index is 5.55. The molecule has 0 amide bonds. The van der Waals surface area contributed by atoms with E-state index >= 15 is 0 Å². The molecule has 1 aromatic heterocycles. The van der Waals surface area contributed by atoms with Gasteiger partial charge in [0.2, 0.25) is 0 Å². The molecule has 4 nitrogen and oxygen atoms in total. The predicted molar refractivity (Wildman–Crippen MR) is 124 cm³/mol. The zero-order valence-corrected chi connectivity index (χ0v) is 16.9. The van der Waals surface area contributed by atoms with Crippen LogP contribution < -0.4 is 10.1 Å². The van der Waals surface area contributed by atoms with Crippen molar-refractivity contribution >= 4 is 27.2 Å². The molecule has 148 valence electrons. The maximum Gasteiger partial charge on any atom is 0.126 e. The third-order valence-electron chi connectivity index (χ3n) is 5.55. The highest BCUT2D eigenvalue weighted by atomic mass is 16.5. The molecular formula is C26H23N3O. The summed E-state index contributed by atoms with van der Waals surface area (Å²) in [5, 5.41) is 8.36. The Bertz CT molecular complexity index is 1320. The van der Waals surface area contributed by atoms with Crippen LogP contribution in [0.25, 0.3) is 32.8 Å². The molecule has 0 bridgehead atoms. The van der Waals surface area contributed by atoms with E-state index < -0.39 is 0 Å². The number of ether oxygens (including phenoxy) is 1. The van der Waals surface area contributed by atoms with Gasteiger partial charge in [0.25, 0.3) is 0 Å². The van der Waals surface area contributed by atoms with Crippen LogP contribution in [-0.4, -0.2) is 23.2 Å². The van der Waals surface area contributed by atoms with E-state index in [2.05, 4.69) is 81.6 Å². The number of nitrogens with zero attached hydrogens (tertiary/aromatic N) is 2. The molecule has 0 saturated heterocycles. The summed E-state index contributed by atoms with van der Waals surface area (Å²) in [6, 6.07) is 27.3. The van der Waals surface area contributed by atoms with Crippen LogP contribution in [0.5, 0.6) is 5.75 Å². The Morgan fingerprint density at radius 1 is 0.833 bits per heavy atom. The second-order valence-corrected chi connectivity index (χ2v) is 7.29. The molecule has 4 aromatic carbocycles. The van der Waals surface area contributed by atoms with Gasteiger partial charge in [-0.3, -0.25) is 0 Å². The van der Waals surface area contributed by atoms with Crippen molar-refractivity contribution in [1.82, 2.24) is 9.55 Å². The van der Waals surface area contributed by atoms with Crippen LogP contribution in [-0.2, 0) is 6.54 Å². The van der Waals surface area contributed by atoms with Gasteiger partial charge in [0, 0.05) is 35.1 Å². The van der Waals surface area contributed by atoms with E-state index in [4.69, 9.17) is 4.74 Å². The van der Waals surface area contributed by atoms with Gasteiger partial charge in [0.1, 0.15) is 5.75 Å². The summed E-state index contributed by atoms with van der Waals surface area (Å²) in [5.74, 6) is 0.887. The molecule has 0 radical (unpaired) electrons. The first-order valence-corrected chi connectivity index (χ1v) is 10.1. The minimum Gasteiger partial charge on any atom is -0.496 e. The molecule has 5 aromatic rings. The lowest BCUT2D eigenvalue weighted by Crippen LogP contribution is -2.11. The number of benzene rings is 4. The van der Waals surface area contributed by atoms with Gasteiger partial charge < -0.3 is 14.6 Å². The minimum absolute atomic E-state index is 0.811. The first-order chi connectivity index (χ1) is 14.8. The normalized spacial score (nSPS) is 11.1. The molecule has 0 aliphatic heterocycles. The van der Waals surface area contributed by atoms with Crippen LogP contribution in [0.3, 0.4) is 0 Å². The van der Waals surface area contributed by atoms with Crippen molar-refractivity contribution in [3.05, 3.63) is 91.4 Å². The summed E-state index contributed by atoms with van der Waals surface area (Å²) in [6.45, 7) is 1.63. The number of hydrogen-bond donors (Lipinski definition) is 1. The number of hydrogen-bond acceptors (Lipinski definition) is 3. The first kappa shape index (κ1) is 18.3. The lowest BCUT2D eigenvalue weighted by molar-refractivity contribution is 0.420. The Labute approximate surface area is 175 Å². The predicted octanol–water partition coefficient (Wildman–Crippen LogP) is 5.98. The summed E-state index contributed by atoms with van der Waals surface area (Å²) in [6.07, 6.45) is 3.84. The standard InChI is InChI=1S/C26H23N3O/c1-30-26-14-13-22(21-10-4-5-11-23(21)26)25-17-27-18-29(25)16-15-28-24-12-6-8-19-7-2-3-9-20(19)24/h2-14,17-18,28H,15-16H2,1H3. The van der Waals surface area contributed by atoms with Crippen molar-refractivity contribution in [2.75, 3.05) is 19.0 Å². The molecule has 0 aliphatic carbocycles. The van der Waals surface area contributed by atoms with E-state index in [1.807, 2.05) is 24.7 Å². The molecule has 0 saturated carbocycles. The number of anilines is 1. The first-order valence-electron chi connectivity index (χ1n) is 10.1. The molecule has 0 unspecified atom stereocenters. The van der Waals surface area contributed by atoms with E-state index in [0.29, 0.717) is 0 Å². The Kier molecular flexibility index (Phi) is 4.81. The Morgan fingerprint density at radius 3 is 2.47 bits per heavy atom. The molecule has 0 atom stereocenters. The van der Waals surface area contributed by atoms with Crippen molar-refractivity contribution < 1.29 is 4.74 Å². The number of rotatable bonds is 6. The highest BCUT2D eigenvalue weighted by Crippen LogP contribution is 2.34. The van der Waals surface area contributed by atoms with E-state index in [9.17, 15) is 0 Å². The molecule has 1 heterocycles. The largest absolute Gasteiger partial charge is 0.496 e. The summed E-state index contributed by atoms with van der Waals surface area (Å²) >= 11 is 0. The van der Waals surface area contributed by atoms with Gasteiger partial charge in [-0.2, -0.15) is 0 Å². The average molecular weight is 393 g/mol. The number of aromatic nitrogens is 2. The van der Waals surface area contributed by atoms with Crippen LogP contribution in [0, 0.1) is 0 Å². The Hall–Kier alpha value is -3.79. The third-order valence-corrected chi connectivity index (χ3v) is 5.55. The molecule has 5 rings (SSSR count). The lowest BCUT2D eigenvalue weighted by atomic mass is 10.0. The zero-order chi connectivity index (χ0) is 20.3. The van der Waals surface area contributed by atoms with Gasteiger partial charge in [-0.1, -0.05) is 60.7 Å². The van der Waals surface area contributed by atoms with E-state index in [-0.39, 0.29) is 0 Å². The van der Waals surface area contributed by atoms with Gasteiger partial charge in [-0.15, -0.1) is 0 Å². The third kappa shape index (κ3) is 3.26. The summed E-state index contributed by atoms with van der Waals surface area (Å²) in [7, 11) is 1.71. The molecular weight excluding hydrogens is 370 g/mol. The second kappa shape index (κ2) is 7.91. The van der Waals surface area contributed by atoms with Gasteiger partial charge in [-0.25, -0.2) is 4.98 Å². The molecule has 0 spiro atoms. The highest BCUT2D eigenvalue weighted by Gasteiger charge is 2.11. The van der Waals surface area contributed by atoms with Gasteiger partial charge in [-0.05, 0) is 29.0 Å². The summed E-state index contributed by atoms with van der Waals surface area (Å²) < 4.78 is 7.75. The topological polar surface area (TPSA) is 39.1 Å². The maximum absolute atomic E-state index is 5.55. The summed E-state index contributed by atoms with van der Waals surface area (Å²) in [5.41, 5.74) is 3.42. The highest BCUT2D eigenvalue weighted by molar-refractivity contribution is 5.99. The van der Waals surface area contributed by atoms with E-state index in [1.165, 1.54) is 16.2 Å². The van der Waals surface area contributed by atoms with Crippen molar-refractivity contribution in [3.8, 4) is 17.0 Å². The average Bonchev–Trinajstić information content (AvgIpc) is 3.27. The van der Waals surface area contributed by atoms with Crippen molar-refractivity contribution in [3.63, 3.8) is 0 Å². The Balaban J connectivity index is 1.42. The smallest absolute Gasteiger partial charge is 0.126 e. The fourth-order valence-electron chi connectivity index (χ4n) is 4.09. The molecule has 1 N–H and O–H groups in total. The minimum atomic E-state index is 0.811. The van der Waals surface area contributed by atoms with Gasteiger partial charge in [0.15, 0.2) is 0 Å². The van der Waals surface area contributed by atoms with Crippen LogP contribution in [0.15, 0.2) is 91.4 Å². The van der Waals surface area contributed by atoms with Crippen LogP contribution >= 0.6 is 0 Å². The molecule has 30 heavy (non-hydrogen) atoms. The SMILES string of the molecule is COc1ccc(-c2cncn2CCNc2cccc3ccccc23)c2ccccc12. The van der Waals surface area contributed by atoms with Crippen LogP contribution in [0.2, 0.25) is 0 Å². The Morgan fingerprint density at radius 2 is 1.60 bits per heavy atom. The molecule has 4 heteroatoms. The second-order valence-electron chi connectivity index (χ2n) is 7.29. The monoisotopic (exact) mass is 393 g/mol. The zero-order valence-electron chi connectivity index (χ0n) is 16.9. The fourth-order valence-corrected chi connectivity index (χ4v) is 4.09. The number of nitrogens with one attached hydrogen (secondary N) is 1. The number of methoxy groups -OCH3 is 1. The van der Waals surface area contributed by atoms with E-state index in [0.717, 1.165) is 41.2 Å². The summed E-state index contributed by atoms with van der Waals surface area (Å²) in [4.78, 5) is 4.43. The van der Waals surface area contributed by atoms with E-state index in [1.54, 1.807) is 7.11 Å². The lowest BCUT2D eigenvalue weighted by Gasteiger charge is -2.14. The fraction of sp³-hybridized carbons (Fsp3) is 0.115. The van der Waals surface area contributed by atoms with Crippen LogP contribution in [0.4, 0.5) is 5.69 Å². The number of fused-ring (bicyclic) bond motifs is 2. The van der Waals surface area contributed by atoms with Gasteiger partial charge >= 0.3 is 0 Å². The molecule has 0 aliphatic rings. The van der Waals surface area contributed by atoms with Gasteiger partial charge in [0.05, 0.1) is 25.3 Å². The molecule has 0 fully saturated rings. The quantitative estimate of drug-likeness (QED) is 0.386.